The molecule has 0 spiro atoms. The molecule has 7 heteroatoms. The van der Waals surface area contributed by atoms with Crippen molar-refractivity contribution in [2.24, 2.45) is 7.05 Å². The summed E-state index contributed by atoms with van der Waals surface area (Å²) in [5.41, 5.74) is 2.04. The molecule has 2 aromatic heterocycles. The summed E-state index contributed by atoms with van der Waals surface area (Å²) in [4.78, 5) is 12.2. The largest absolute Gasteiger partial charge is 0.360 e. The van der Waals surface area contributed by atoms with Crippen molar-refractivity contribution in [3.05, 3.63) is 52.9 Å². The molecule has 0 saturated heterocycles. The maximum atomic E-state index is 12.2. The normalized spacial score (nSPS) is 10.7. The molecule has 3 rings (SSSR count). The fourth-order valence-corrected chi connectivity index (χ4v) is 2.20. The third-order valence-corrected chi connectivity index (χ3v) is 3.37. The van der Waals surface area contributed by atoms with Crippen molar-refractivity contribution in [2.45, 2.75) is 6.92 Å². The molecule has 0 radical (unpaired) electrons. The lowest BCUT2D eigenvalue weighted by atomic mass is 10.1. The van der Waals surface area contributed by atoms with Crippen LogP contribution in [0.2, 0.25) is 5.02 Å². The van der Waals surface area contributed by atoms with E-state index in [0.29, 0.717) is 22.3 Å². The Morgan fingerprint density at radius 1 is 1.27 bits per heavy atom. The number of hydrogen-bond acceptors (Lipinski definition) is 4. The van der Waals surface area contributed by atoms with Gasteiger partial charge in [-0.05, 0) is 30.7 Å². The van der Waals surface area contributed by atoms with Gasteiger partial charge in [0.1, 0.15) is 5.76 Å². The van der Waals surface area contributed by atoms with E-state index in [-0.39, 0.29) is 5.91 Å². The first-order valence-corrected chi connectivity index (χ1v) is 6.95. The summed E-state index contributed by atoms with van der Waals surface area (Å²) in [5.74, 6) is 0.642. The predicted molar refractivity (Wildman–Crippen MR) is 82.8 cm³/mol. The lowest BCUT2D eigenvalue weighted by Gasteiger charge is -2.00. The molecule has 22 heavy (non-hydrogen) atoms. The second-order valence-corrected chi connectivity index (χ2v) is 5.26. The van der Waals surface area contributed by atoms with Crippen LogP contribution in [0.3, 0.4) is 0 Å². The number of halogens is 1. The molecule has 0 saturated carbocycles. The van der Waals surface area contributed by atoms with E-state index in [9.17, 15) is 4.79 Å². The van der Waals surface area contributed by atoms with Crippen LogP contribution in [0.5, 0.6) is 0 Å². The van der Waals surface area contributed by atoms with Gasteiger partial charge in [0.15, 0.2) is 11.5 Å². The van der Waals surface area contributed by atoms with Crippen molar-refractivity contribution in [1.82, 2.24) is 14.9 Å². The lowest BCUT2D eigenvalue weighted by molar-refractivity contribution is 0.102. The highest BCUT2D eigenvalue weighted by atomic mass is 35.5. The highest BCUT2D eigenvalue weighted by molar-refractivity contribution is 6.30. The zero-order chi connectivity index (χ0) is 15.7. The molecule has 0 unspecified atom stereocenters. The number of aromatic nitrogens is 3. The van der Waals surface area contributed by atoms with E-state index in [2.05, 4.69) is 15.6 Å². The van der Waals surface area contributed by atoms with Gasteiger partial charge in [-0.3, -0.25) is 9.48 Å². The van der Waals surface area contributed by atoms with Crippen LogP contribution in [0.25, 0.3) is 11.3 Å². The van der Waals surface area contributed by atoms with Crippen LogP contribution in [0.1, 0.15) is 16.2 Å². The molecule has 6 nitrogen and oxygen atoms in total. The smallest absolute Gasteiger partial charge is 0.277 e. The molecule has 1 amide bonds. The summed E-state index contributed by atoms with van der Waals surface area (Å²) in [6.45, 7) is 1.75. The summed E-state index contributed by atoms with van der Waals surface area (Å²) in [5, 5.41) is 11.2. The number of rotatable bonds is 3. The van der Waals surface area contributed by atoms with Gasteiger partial charge in [-0.2, -0.15) is 5.10 Å². The van der Waals surface area contributed by atoms with Gasteiger partial charge in [-0.1, -0.05) is 28.9 Å². The SMILES string of the molecule is Cc1cc(NC(=O)c2cc(-c3ccc(Cl)cc3)n(C)n2)no1. The monoisotopic (exact) mass is 316 g/mol. The van der Waals surface area contributed by atoms with E-state index >= 15 is 0 Å². The second-order valence-electron chi connectivity index (χ2n) is 4.82. The van der Waals surface area contributed by atoms with Gasteiger partial charge < -0.3 is 9.84 Å². The number of nitrogens with one attached hydrogen (secondary N) is 1. The Labute approximate surface area is 131 Å². The van der Waals surface area contributed by atoms with Crippen LogP contribution in [0.4, 0.5) is 5.82 Å². The molecule has 112 valence electrons. The average Bonchev–Trinajstić information content (AvgIpc) is 3.06. The standard InChI is InChI=1S/C15H13ClN4O2/c1-9-7-14(19-22-9)17-15(21)12-8-13(20(2)18-12)10-3-5-11(16)6-4-10/h3-8H,1-2H3,(H,17,19,21). The molecule has 0 aliphatic heterocycles. The maximum Gasteiger partial charge on any atom is 0.277 e. The number of hydrogen-bond donors (Lipinski definition) is 1. The molecule has 0 atom stereocenters. The van der Waals surface area contributed by atoms with Crippen molar-refractivity contribution in [1.29, 1.82) is 0 Å². The zero-order valence-electron chi connectivity index (χ0n) is 12.0. The first-order chi connectivity index (χ1) is 10.5. The Morgan fingerprint density at radius 2 is 2.00 bits per heavy atom. The molecule has 0 aliphatic rings. The van der Waals surface area contributed by atoms with Gasteiger partial charge in [-0.25, -0.2) is 0 Å². The number of carbonyl (C=O) groups is 1. The Hall–Kier alpha value is -2.60. The van der Waals surface area contributed by atoms with E-state index in [4.69, 9.17) is 16.1 Å². The number of nitrogens with zero attached hydrogens (tertiary/aromatic N) is 3. The van der Waals surface area contributed by atoms with E-state index in [1.54, 1.807) is 42.9 Å². The Kier molecular flexibility index (Phi) is 3.68. The van der Waals surface area contributed by atoms with Crippen LogP contribution in [0, 0.1) is 6.92 Å². The Bertz CT molecular complexity index is 820. The number of amides is 1. The van der Waals surface area contributed by atoms with Crippen molar-refractivity contribution in [2.75, 3.05) is 5.32 Å². The summed E-state index contributed by atoms with van der Waals surface area (Å²) >= 11 is 5.88. The van der Waals surface area contributed by atoms with Gasteiger partial charge in [0.05, 0.1) is 5.69 Å². The van der Waals surface area contributed by atoms with Crippen molar-refractivity contribution in [3.63, 3.8) is 0 Å². The highest BCUT2D eigenvalue weighted by Crippen LogP contribution is 2.22. The number of carbonyl (C=O) groups excluding carboxylic acids is 1. The van der Waals surface area contributed by atoms with Gasteiger partial charge in [0, 0.05) is 18.1 Å². The summed E-state index contributed by atoms with van der Waals surface area (Å²) in [7, 11) is 1.78. The molecule has 0 fully saturated rings. The topological polar surface area (TPSA) is 73.0 Å². The third-order valence-electron chi connectivity index (χ3n) is 3.12. The number of anilines is 1. The molecule has 1 N–H and O–H groups in total. The van der Waals surface area contributed by atoms with Crippen molar-refractivity contribution in [3.8, 4) is 11.3 Å². The fourth-order valence-electron chi connectivity index (χ4n) is 2.07. The van der Waals surface area contributed by atoms with Crippen molar-refractivity contribution < 1.29 is 9.32 Å². The highest BCUT2D eigenvalue weighted by Gasteiger charge is 2.15. The second kappa shape index (κ2) is 5.65. The number of benzene rings is 1. The molecule has 2 heterocycles. The van der Waals surface area contributed by atoms with Gasteiger partial charge in [0.2, 0.25) is 0 Å². The Morgan fingerprint density at radius 3 is 2.64 bits per heavy atom. The van der Waals surface area contributed by atoms with Crippen molar-refractivity contribution >= 4 is 23.3 Å². The molecule has 0 bridgehead atoms. The lowest BCUT2D eigenvalue weighted by Crippen LogP contribution is -2.13. The zero-order valence-corrected chi connectivity index (χ0v) is 12.8. The van der Waals surface area contributed by atoms with Crippen LogP contribution in [-0.2, 0) is 7.05 Å². The quantitative estimate of drug-likeness (QED) is 0.804. The minimum atomic E-state index is -0.343. The maximum absolute atomic E-state index is 12.2. The molecule has 0 aliphatic carbocycles. The molecular formula is C15H13ClN4O2. The summed E-state index contributed by atoms with van der Waals surface area (Å²) in [6.07, 6.45) is 0. The van der Waals surface area contributed by atoms with Crippen LogP contribution < -0.4 is 5.32 Å². The molecule has 1 aromatic carbocycles. The third kappa shape index (κ3) is 2.87. The van der Waals surface area contributed by atoms with Gasteiger partial charge in [0.25, 0.3) is 5.91 Å². The average molecular weight is 317 g/mol. The van der Waals surface area contributed by atoms with Gasteiger partial charge in [-0.15, -0.1) is 0 Å². The number of aryl methyl sites for hydroxylation is 2. The van der Waals surface area contributed by atoms with Crippen LogP contribution in [-0.4, -0.2) is 20.8 Å². The molecule has 3 aromatic rings. The summed E-state index contributed by atoms with van der Waals surface area (Å²) < 4.78 is 6.55. The minimum absolute atomic E-state index is 0.299. The van der Waals surface area contributed by atoms with Gasteiger partial charge >= 0.3 is 0 Å². The van der Waals surface area contributed by atoms with Crippen LogP contribution in [0.15, 0.2) is 40.9 Å². The molecular weight excluding hydrogens is 304 g/mol. The van der Waals surface area contributed by atoms with E-state index in [1.165, 1.54) is 0 Å². The minimum Gasteiger partial charge on any atom is -0.360 e. The fraction of sp³-hybridized carbons (Fsp3) is 0.133. The van der Waals surface area contributed by atoms with E-state index < -0.39 is 0 Å². The summed E-state index contributed by atoms with van der Waals surface area (Å²) in [6, 6.07) is 10.7. The first-order valence-electron chi connectivity index (χ1n) is 6.57. The van der Waals surface area contributed by atoms with E-state index in [0.717, 1.165) is 11.3 Å². The first kappa shape index (κ1) is 14.3. The predicted octanol–water partition coefficient (Wildman–Crippen LogP) is 3.29. The van der Waals surface area contributed by atoms with E-state index in [1.807, 2.05) is 12.1 Å². The Balaban J connectivity index is 1.85. The van der Waals surface area contributed by atoms with Crippen LogP contribution >= 0.6 is 11.6 Å².